The van der Waals surface area contributed by atoms with Crippen molar-refractivity contribution in [2.24, 2.45) is 0 Å². The summed E-state index contributed by atoms with van der Waals surface area (Å²) >= 11 is 0. The molecular weight excluding hydrogens is 441 g/mol. The van der Waals surface area contributed by atoms with Gasteiger partial charge in [-0.15, -0.1) is 0 Å². The van der Waals surface area contributed by atoms with Crippen molar-refractivity contribution in [3.05, 3.63) is 72.6 Å². The Morgan fingerprint density at radius 3 is 2.76 bits per heavy atom. The lowest BCUT2D eigenvalue weighted by molar-refractivity contribution is -0.0646. The predicted molar refractivity (Wildman–Crippen MR) is 124 cm³/mol. The molecule has 3 aromatic rings. The molecule has 182 valence electrons. The molecule has 9 heteroatoms. The molecule has 1 N–H and O–H groups in total. The van der Waals surface area contributed by atoms with Gasteiger partial charge >= 0.3 is 0 Å². The van der Waals surface area contributed by atoms with E-state index in [0.29, 0.717) is 56.6 Å². The Bertz CT molecular complexity index is 1030. The second-order valence-electron chi connectivity index (χ2n) is 8.36. The maximum atomic E-state index is 13.1. The first kappa shape index (κ1) is 24.0. The Hall–Kier alpha value is -3.14. The molecule has 1 fully saturated rings. The number of methoxy groups -OCH3 is 1. The molecular formula is C25H30FN3O5. The quantitative estimate of drug-likeness (QED) is 0.487. The van der Waals surface area contributed by atoms with Crippen molar-refractivity contribution in [2.75, 3.05) is 46.6 Å². The van der Waals surface area contributed by atoms with E-state index >= 15 is 0 Å². The van der Waals surface area contributed by atoms with Crippen LogP contribution in [0, 0.1) is 5.82 Å². The number of rotatable bonds is 10. The highest BCUT2D eigenvalue weighted by Crippen LogP contribution is 2.29. The lowest BCUT2D eigenvalue weighted by Crippen LogP contribution is -2.48. The van der Waals surface area contributed by atoms with Crippen LogP contribution in [-0.4, -0.2) is 71.8 Å². The topological polar surface area (TPSA) is 78.2 Å². The van der Waals surface area contributed by atoms with E-state index in [-0.39, 0.29) is 19.0 Å². The Morgan fingerprint density at radius 2 is 2.00 bits per heavy atom. The van der Waals surface area contributed by atoms with E-state index in [0.717, 1.165) is 5.56 Å². The fourth-order valence-electron chi connectivity index (χ4n) is 3.84. The molecule has 0 radical (unpaired) electrons. The first-order chi connectivity index (χ1) is 16.5. The van der Waals surface area contributed by atoms with Crippen LogP contribution in [0.3, 0.4) is 0 Å². The van der Waals surface area contributed by atoms with Gasteiger partial charge < -0.3 is 28.6 Å². The number of benzene rings is 2. The van der Waals surface area contributed by atoms with Gasteiger partial charge in [0.05, 0.1) is 33.2 Å². The summed E-state index contributed by atoms with van der Waals surface area (Å²) < 4.78 is 37.9. The lowest BCUT2D eigenvalue weighted by Gasteiger charge is -2.30. The number of β-amino-alcohol motifs (C(OH)–C–C–N with tert-alkyl or cyclic N) is 1. The van der Waals surface area contributed by atoms with Crippen molar-refractivity contribution < 1.29 is 28.4 Å². The summed E-state index contributed by atoms with van der Waals surface area (Å²) in [5.41, 5.74) is -0.163. The molecule has 0 unspecified atom stereocenters. The number of aliphatic hydroxyl groups is 1. The average molecular weight is 472 g/mol. The first-order valence-corrected chi connectivity index (χ1v) is 11.2. The molecule has 0 saturated carbocycles. The second-order valence-corrected chi connectivity index (χ2v) is 8.36. The zero-order valence-corrected chi connectivity index (χ0v) is 19.2. The number of imidazole rings is 1. The van der Waals surface area contributed by atoms with Crippen LogP contribution < -0.4 is 14.2 Å². The van der Waals surface area contributed by atoms with E-state index < -0.39 is 5.60 Å². The molecule has 0 bridgehead atoms. The Kier molecular flexibility index (Phi) is 7.99. The largest absolute Gasteiger partial charge is 0.493 e. The molecule has 8 nitrogen and oxygen atoms in total. The van der Waals surface area contributed by atoms with Gasteiger partial charge in [0.15, 0.2) is 11.5 Å². The fraction of sp³-hybridized carbons (Fsp3) is 0.400. The maximum Gasteiger partial charge on any atom is 0.161 e. The third-order valence-corrected chi connectivity index (χ3v) is 5.56. The van der Waals surface area contributed by atoms with Crippen molar-refractivity contribution in [1.82, 2.24) is 14.5 Å². The standard InChI is InChI=1S/C25H30FN3O5/c1-31-23-7-2-20(14-24(23)33-13-11-28-9-8-27-19-28)15-29-10-12-32-17-25(30,16-29)18-34-22-5-3-21(26)4-6-22/h2-9,14,19,30H,10-13,15-18H2,1H3/t25-/m0/s1. The number of hydrogen-bond donors (Lipinski definition) is 1. The van der Waals surface area contributed by atoms with Crippen LogP contribution in [-0.2, 0) is 17.8 Å². The zero-order chi connectivity index (χ0) is 23.8. The summed E-state index contributed by atoms with van der Waals surface area (Å²) in [7, 11) is 1.62. The third kappa shape index (κ3) is 6.69. The number of hydrogen-bond acceptors (Lipinski definition) is 7. The summed E-state index contributed by atoms with van der Waals surface area (Å²) in [5.74, 6) is 1.50. The van der Waals surface area contributed by atoms with Crippen LogP contribution in [0.25, 0.3) is 0 Å². The zero-order valence-electron chi connectivity index (χ0n) is 19.2. The molecule has 1 atom stereocenters. The van der Waals surface area contributed by atoms with E-state index in [9.17, 15) is 9.50 Å². The number of halogens is 1. The van der Waals surface area contributed by atoms with Gasteiger partial charge in [-0.1, -0.05) is 6.07 Å². The van der Waals surface area contributed by atoms with Crippen molar-refractivity contribution in [3.63, 3.8) is 0 Å². The van der Waals surface area contributed by atoms with E-state index in [2.05, 4.69) is 9.88 Å². The van der Waals surface area contributed by atoms with Crippen LogP contribution in [0.15, 0.2) is 61.2 Å². The minimum atomic E-state index is -1.19. The molecule has 0 amide bonds. The SMILES string of the molecule is COc1ccc(CN2CCOC[C@](O)(COc3ccc(F)cc3)C2)cc1OCCn1ccnc1. The monoisotopic (exact) mass is 471 g/mol. The summed E-state index contributed by atoms with van der Waals surface area (Å²) in [4.78, 5) is 6.16. The maximum absolute atomic E-state index is 13.1. The summed E-state index contributed by atoms with van der Waals surface area (Å²) in [5, 5.41) is 11.1. The molecule has 0 spiro atoms. The van der Waals surface area contributed by atoms with Crippen molar-refractivity contribution in [3.8, 4) is 17.2 Å². The number of nitrogens with zero attached hydrogens (tertiary/aromatic N) is 3. The molecule has 2 aromatic carbocycles. The van der Waals surface area contributed by atoms with Gasteiger partial charge in [0.1, 0.15) is 30.4 Å². The van der Waals surface area contributed by atoms with Crippen molar-refractivity contribution in [2.45, 2.75) is 18.7 Å². The summed E-state index contributed by atoms with van der Waals surface area (Å²) in [6, 6.07) is 11.6. The molecule has 0 aliphatic carbocycles. The molecule has 1 aromatic heterocycles. The normalized spacial score (nSPS) is 18.9. The molecule has 1 aliphatic heterocycles. The lowest BCUT2D eigenvalue weighted by atomic mass is 10.1. The van der Waals surface area contributed by atoms with E-state index in [1.165, 1.54) is 12.1 Å². The van der Waals surface area contributed by atoms with E-state index in [1.54, 1.807) is 31.8 Å². The molecule has 2 heterocycles. The van der Waals surface area contributed by atoms with Gasteiger partial charge in [-0.25, -0.2) is 9.37 Å². The van der Waals surface area contributed by atoms with Gasteiger partial charge in [-0.2, -0.15) is 0 Å². The van der Waals surface area contributed by atoms with Crippen LogP contribution in [0.1, 0.15) is 5.56 Å². The van der Waals surface area contributed by atoms with Gasteiger partial charge in [-0.05, 0) is 42.0 Å². The molecule has 4 rings (SSSR count). The highest BCUT2D eigenvalue weighted by atomic mass is 19.1. The van der Waals surface area contributed by atoms with Gasteiger partial charge in [-0.3, -0.25) is 4.90 Å². The van der Waals surface area contributed by atoms with Gasteiger partial charge in [0.25, 0.3) is 0 Å². The highest BCUT2D eigenvalue weighted by Gasteiger charge is 2.33. The van der Waals surface area contributed by atoms with E-state index in [4.69, 9.17) is 18.9 Å². The minimum Gasteiger partial charge on any atom is -0.493 e. The van der Waals surface area contributed by atoms with Crippen LogP contribution in [0.2, 0.25) is 0 Å². The summed E-state index contributed by atoms with van der Waals surface area (Å²) in [6.07, 6.45) is 5.37. The van der Waals surface area contributed by atoms with Gasteiger partial charge in [0, 0.05) is 32.0 Å². The first-order valence-electron chi connectivity index (χ1n) is 11.2. The van der Waals surface area contributed by atoms with Crippen LogP contribution in [0.4, 0.5) is 4.39 Å². The minimum absolute atomic E-state index is 0.0420. The predicted octanol–water partition coefficient (Wildman–Crippen LogP) is 2.75. The summed E-state index contributed by atoms with van der Waals surface area (Å²) in [6.45, 7) is 3.51. The number of ether oxygens (including phenoxy) is 4. The van der Waals surface area contributed by atoms with Crippen LogP contribution >= 0.6 is 0 Å². The van der Waals surface area contributed by atoms with Crippen molar-refractivity contribution >= 4 is 0 Å². The molecule has 1 aliphatic rings. The Labute approximate surface area is 198 Å². The van der Waals surface area contributed by atoms with E-state index in [1.807, 2.05) is 29.0 Å². The molecule has 1 saturated heterocycles. The smallest absolute Gasteiger partial charge is 0.161 e. The number of aromatic nitrogens is 2. The second kappa shape index (κ2) is 11.3. The Morgan fingerprint density at radius 1 is 1.15 bits per heavy atom. The molecule has 34 heavy (non-hydrogen) atoms. The average Bonchev–Trinajstić information content (AvgIpc) is 3.28. The van der Waals surface area contributed by atoms with Crippen LogP contribution in [0.5, 0.6) is 17.2 Å². The highest BCUT2D eigenvalue weighted by molar-refractivity contribution is 5.43. The fourth-order valence-corrected chi connectivity index (χ4v) is 3.84. The third-order valence-electron chi connectivity index (χ3n) is 5.56. The van der Waals surface area contributed by atoms with Gasteiger partial charge in [0.2, 0.25) is 0 Å². The Balaban J connectivity index is 1.37. The van der Waals surface area contributed by atoms with Crippen molar-refractivity contribution in [1.29, 1.82) is 0 Å².